The van der Waals surface area contributed by atoms with Crippen LogP contribution in [0.2, 0.25) is 0 Å². The summed E-state index contributed by atoms with van der Waals surface area (Å²) in [6, 6.07) is 4.23. The molecule has 0 amide bonds. The highest BCUT2D eigenvalue weighted by molar-refractivity contribution is 5.11. The second kappa shape index (κ2) is 5.52. The molecule has 0 saturated heterocycles. The highest BCUT2D eigenvalue weighted by Crippen LogP contribution is 2.07. The molecule has 1 unspecified atom stereocenters. The first-order valence-electron chi connectivity index (χ1n) is 4.71. The molecule has 0 fully saturated rings. The summed E-state index contributed by atoms with van der Waals surface area (Å²) in [5, 5.41) is 0. The zero-order valence-corrected chi connectivity index (χ0v) is 8.53. The van der Waals surface area contributed by atoms with Crippen molar-refractivity contribution in [1.29, 1.82) is 0 Å². The normalized spacial score (nSPS) is 12.4. The fraction of sp³-hybridized carbons (Fsp3) is 0.364. The van der Waals surface area contributed by atoms with Crippen LogP contribution in [0.15, 0.2) is 36.7 Å². The van der Waals surface area contributed by atoms with Gasteiger partial charge in [0.25, 0.3) is 0 Å². The molecular formula is C11H17N3. The van der Waals surface area contributed by atoms with E-state index in [9.17, 15) is 0 Å². The van der Waals surface area contributed by atoms with E-state index >= 15 is 0 Å². The van der Waals surface area contributed by atoms with Crippen LogP contribution in [0.3, 0.4) is 0 Å². The molecule has 0 bridgehead atoms. The van der Waals surface area contributed by atoms with E-state index in [1.165, 1.54) is 5.56 Å². The van der Waals surface area contributed by atoms with E-state index in [0.717, 1.165) is 18.4 Å². The summed E-state index contributed by atoms with van der Waals surface area (Å²) in [4.78, 5) is 4.06. The molecule has 0 saturated carbocycles. The van der Waals surface area contributed by atoms with Gasteiger partial charge in [-0.2, -0.15) is 0 Å². The van der Waals surface area contributed by atoms with E-state index in [0.29, 0.717) is 0 Å². The van der Waals surface area contributed by atoms with Crippen LogP contribution >= 0.6 is 0 Å². The summed E-state index contributed by atoms with van der Waals surface area (Å²) in [7, 11) is 0. The number of nitrogens with one attached hydrogen (secondary N) is 1. The summed E-state index contributed by atoms with van der Waals surface area (Å²) >= 11 is 0. The number of nitrogens with two attached hydrogens (primary N) is 1. The van der Waals surface area contributed by atoms with Crippen LogP contribution in [0.25, 0.3) is 0 Å². The minimum absolute atomic E-state index is 0.247. The molecule has 3 heteroatoms. The molecule has 0 aliphatic rings. The maximum atomic E-state index is 5.46. The summed E-state index contributed by atoms with van der Waals surface area (Å²) in [6.07, 6.45) is 5.42. The van der Waals surface area contributed by atoms with E-state index in [1.54, 1.807) is 6.20 Å². The van der Waals surface area contributed by atoms with Crippen molar-refractivity contribution < 1.29 is 0 Å². The molecule has 1 aromatic rings. The summed E-state index contributed by atoms with van der Waals surface area (Å²) in [5.41, 5.74) is 5.12. The third-order valence-electron chi connectivity index (χ3n) is 2.04. The monoisotopic (exact) mass is 191 g/mol. The molecule has 1 rings (SSSR count). The van der Waals surface area contributed by atoms with Crippen molar-refractivity contribution in [3.8, 4) is 0 Å². The van der Waals surface area contributed by atoms with Crippen LogP contribution in [0.1, 0.15) is 18.9 Å². The number of rotatable bonds is 5. The number of hydrogen-bond acceptors (Lipinski definition) is 3. The Morgan fingerprint density at radius 1 is 1.71 bits per heavy atom. The van der Waals surface area contributed by atoms with Crippen LogP contribution in [-0.2, 0) is 6.42 Å². The molecule has 0 radical (unpaired) electrons. The largest absolute Gasteiger partial charge is 0.271 e. The van der Waals surface area contributed by atoms with Crippen molar-refractivity contribution in [1.82, 2.24) is 10.4 Å². The van der Waals surface area contributed by atoms with Gasteiger partial charge in [0.05, 0.1) is 0 Å². The molecule has 3 N–H and O–H groups in total. The van der Waals surface area contributed by atoms with Gasteiger partial charge < -0.3 is 0 Å². The predicted octanol–water partition coefficient (Wildman–Crippen LogP) is 1.42. The van der Waals surface area contributed by atoms with E-state index < -0.39 is 0 Å². The van der Waals surface area contributed by atoms with Crippen molar-refractivity contribution >= 4 is 0 Å². The number of aromatic nitrogens is 1. The van der Waals surface area contributed by atoms with E-state index in [2.05, 4.69) is 23.1 Å². The Bertz CT molecular complexity index is 282. The van der Waals surface area contributed by atoms with Crippen molar-refractivity contribution in [2.45, 2.75) is 25.8 Å². The van der Waals surface area contributed by atoms with Crippen LogP contribution in [0.4, 0.5) is 0 Å². The predicted molar refractivity (Wildman–Crippen MR) is 58.5 cm³/mol. The van der Waals surface area contributed by atoms with E-state index in [1.807, 2.05) is 19.2 Å². The highest BCUT2D eigenvalue weighted by atomic mass is 15.2. The van der Waals surface area contributed by atoms with Crippen molar-refractivity contribution in [3.05, 3.63) is 42.2 Å². The Labute approximate surface area is 85.0 Å². The Balaban J connectivity index is 2.53. The molecular weight excluding hydrogens is 174 g/mol. The maximum Gasteiger partial charge on any atom is 0.0300 e. The van der Waals surface area contributed by atoms with Crippen LogP contribution in [0.5, 0.6) is 0 Å². The summed E-state index contributed by atoms with van der Waals surface area (Å²) in [6.45, 7) is 5.88. The lowest BCUT2D eigenvalue weighted by Gasteiger charge is -2.15. The van der Waals surface area contributed by atoms with E-state index in [-0.39, 0.29) is 6.04 Å². The third-order valence-corrected chi connectivity index (χ3v) is 2.04. The molecule has 0 aliphatic heterocycles. The Kier molecular flexibility index (Phi) is 4.29. The molecule has 1 aromatic heterocycles. The zero-order chi connectivity index (χ0) is 10.4. The van der Waals surface area contributed by atoms with Crippen molar-refractivity contribution in [2.24, 2.45) is 5.84 Å². The molecule has 1 atom stereocenters. The Hall–Kier alpha value is -1.19. The summed E-state index contributed by atoms with van der Waals surface area (Å²) in [5.74, 6) is 5.46. The van der Waals surface area contributed by atoms with Gasteiger partial charge in [-0.25, -0.2) is 0 Å². The maximum absolute atomic E-state index is 5.46. The minimum Gasteiger partial charge on any atom is -0.271 e. The van der Waals surface area contributed by atoms with Crippen LogP contribution < -0.4 is 11.3 Å². The number of pyridine rings is 1. The lowest BCUT2D eigenvalue weighted by atomic mass is 10.0. The van der Waals surface area contributed by atoms with Gasteiger partial charge in [-0.05, 0) is 31.4 Å². The molecule has 0 aromatic carbocycles. The number of hydrazine groups is 1. The highest BCUT2D eigenvalue weighted by Gasteiger charge is 2.07. The quantitative estimate of drug-likeness (QED) is 0.420. The van der Waals surface area contributed by atoms with Gasteiger partial charge >= 0.3 is 0 Å². The molecule has 0 aliphatic carbocycles. The number of hydrogen-bond donors (Lipinski definition) is 2. The lowest BCUT2D eigenvalue weighted by Crippen LogP contribution is -2.36. The average Bonchev–Trinajstić information content (AvgIpc) is 2.17. The van der Waals surface area contributed by atoms with Crippen molar-refractivity contribution in [3.63, 3.8) is 0 Å². The van der Waals surface area contributed by atoms with Crippen LogP contribution in [0, 0.1) is 0 Å². The first-order chi connectivity index (χ1) is 6.72. The number of nitrogens with zero attached hydrogens (tertiary/aromatic N) is 1. The fourth-order valence-electron chi connectivity index (χ4n) is 1.41. The first kappa shape index (κ1) is 10.9. The molecule has 76 valence electrons. The Morgan fingerprint density at radius 3 is 3.00 bits per heavy atom. The lowest BCUT2D eigenvalue weighted by molar-refractivity contribution is 0.520. The fourth-order valence-corrected chi connectivity index (χ4v) is 1.41. The van der Waals surface area contributed by atoms with Gasteiger partial charge in [0.15, 0.2) is 0 Å². The SMILES string of the molecule is C=C(C)CC(Cc1cccnc1)NN. The molecule has 0 spiro atoms. The topological polar surface area (TPSA) is 50.9 Å². The van der Waals surface area contributed by atoms with Gasteiger partial charge in [0, 0.05) is 18.4 Å². The summed E-state index contributed by atoms with van der Waals surface area (Å²) < 4.78 is 0. The second-order valence-electron chi connectivity index (χ2n) is 3.59. The second-order valence-corrected chi connectivity index (χ2v) is 3.59. The van der Waals surface area contributed by atoms with Gasteiger partial charge in [0.1, 0.15) is 0 Å². The first-order valence-corrected chi connectivity index (χ1v) is 4.71. The van der Waals surface area contributed by atoms with Crippen molar-refractivity contribution in [2.75, 3.05) is 0 Å². The standard InChI is InChI=1S/C11H17N3/c1-9(2)6-11(14-12)7-10-4-3-5-13-8-10/h3-5,8,11,14H,1,6-7,12H2,2H3. The third kappa shape index (κ3) is 3.68. The van der Waals surface area contributed by atoms with Crippen LogP contribution in [-0.4, -0.2) is 11.0 Å². The van der Waals surface area contributed by atoms with Gasteiger partial charge in [-0.15, -0.1) is 6.58 Å². The van der Waals surface area contributed by atoms with Gasteiger partial charge in [-0.3, -0.25) is 16.3 Å². The molecule has 1 heterocycles. The van der Waals surface area contributed by atoms with E-state index in [4.69, 9.17) is 5.84 Å². The average molecular weight is 191 g/mol. The minimum atomic E-state index is 0.247. The zero-order valence-electron chi connectivity index (χ0n) is 8.53. The molecule has 14 heavy (non-hydrogen) atoms. The Morgan fingerprint density at radius 2 is 2.50 bits per heavy atom. The smallest absolute Gasteiger partial charge is 0.0300 e. The van der Waals surface area contributed by atoms with Gasteiger partial charge in [-0.1, -0.05) is 11.6 Å². The molecule has 3 nitrogen and oxygen atoms in total. The van der Waals surface area contributed by atoms with Gasteiger partial charge in [0.2, 0.25) is 0 Å².